The van der Waals surface area contributed by atoms with Crippen molar-refractivity contribution in [3.05, 3.63) is 39.9 Å². The summed E-state index contributed by atoms with van der Waals surface area (Å²) in [6.07, 6.45) is 0. The number of hydrogen-bond donors (Lipinski definition) is 1. The molecule has 0 aliphatic rings. The average molecular weight is 349 g/mol. The molecule has 0 spiro atoms. The molecule has 1 unspecified atom stereocenters. The molecule has 0 saturated carbocycles. The van der Waals surface area contributed by atoms with Gasteiger partial charge in [-0.25, -0.2) is 9.18 Å². The van der Waals surface area contributed by atoms with Crippen molar-refractivity contribution >= 4 is 22.8 Å². The number of nitrogens with zero attached hydrogens (tertiary/aromatic N) is 2. The first-order chi connectivity index (χ1) is 11.8. The molecule has 0 saturated heterocycles. The third-order valence-corrected chi connectivity index (χ3v) is 3.84. The molecule has 0 bridgehead atoms. The first kappa shape index (κ1) is 18.6. The van der Waals surface area contributed by atoms with Crippen LogP contribution in [0.5, 0.6) is 0 Å². The van der Waals surface area contributed by atoms with E-state index in [1.165, 1.54) is 23.9 Å². The average Bonchev–Trinajstić information content (AvgIpc) is 2.59. The lowest BCUT2D eigenvalue weighted by atomic mass is 10.0. The maximum absolute atomic E-state index is 13.5. The largest absolute Gasteiger partial charge is 0.467 e. The Morgan fingerprint density at radius 1 is 1.36 bits per heavy atom. The first-order valence-corrected chi connectivity index (χ1v) is 7.89. The third kappa shape index (κ3) is 3.67. The number of amides is 1. The number of methoxy groups -OCH3 is 1. The number of aromatic nitrogens is 2. The van der Waals surface area contributed by atoms with Crippen LogP contribution >= 0.6 is 0 Å². The second-order valence-electron chi connectivity index (χ2n) is 5.87. The normalized spacial score (nSPS) is 12.2. The lowest BCUT2D eigenvalue weighted by Gasteiger charge is -2.19. The number of ether oxygens (including phenoxy) is 1. The Balaban J connectivity index is 2.53. The molecule has 134 valence electrons. The fourth-order valence-electron chi connectivity index (χ4n) is 2.49. The van der Waals surface area contributed by atoms with Crippen LogP contribution in [0.2, 0.25) is 0 Å². The van der Waals surface area contributed by atoms with Crippen LogP contribution in [0.15, 0.2) is 23.0 Å². The molecule has 0 fully saturated rings. The van der Waals surface area contributed by atoms with Crippen LogP contribution < -0.4 is 10.7 Å². The summed E-state index contributed by atoms with van der Waals surface area (Å²) in [6.45, 7) is 5.63. The predicted molar refractivity (Wildman–Crippen MR) is 89.7 cm³/mol. The zero-order valence-corrected chi connectivity index (χ0v) is 14.5. The van der Waals surface area contributed by atoms with Crippen molar-refractivity contribution in [1.82, 2.24) is 15.1 Å². The molecule has 8 heteroatoms. The van der Waals surface area contributed by atoms with Gasteiger partial charge < -0.3 is 10.1 Å². The Hall–Kier alpha value is -2.77. The summed E-state index contributed by atoms with van der Waals surface area (Å²) in [5.74, 6) is -2.25. The van der Waals surface area contributed by atoms with Crippen LogP contribution in [-0.2, 0) is 16.1 Å². The minimum Gasteiger partial charge on any atom is -0.467 e. The molecule has 1 aromatic carbocycles. The maximum Gasteiger partial charge on any atom is 0.328 e. The number of esters is 1. The van der Waals surface area contributed by atoms with Crippen molar-refractivity contribution in [1.29, 1.82) is 0 Å². The third-order valence-electron chi connectivity index (χ3n) is 3.84. The number of hydrogen-bond acceptors (Lipinski definition) is 5. The van der Waals surface area contributed by atoms with E-state index in [1.807, 2.05) is 0 Å². The highest BCUT2D eigenvalue weighted by atomic mass is 19.1. The van der Waals surface area contributed by atoms with E-state index < -0.39 is 34.9 Å². The SMILES string of the molecule is CCn1nc(C(=O)NC(C(=O)OC)C(C)C)c(=O)c2cc(F)ccc21. The fourth-order valence-corrected chi connectivity index (χ4v) is 2.49. The fraction of sp³-hybridized carbons (Fsp3) is 0.412. The van der Waals surface area contributed by atoms with Gasteiger partial charge in [0.25, 0.3) is 5.91 Å². The summed E-state index contributed by atoms with van der Waals surface area (Å²) < 4.78 is 19.6. The van der Waals surface area contributed by atoms with Crippen molar-refractivity contribution in [3.63, 3.8) is 0 Å². The van der Waals surface area contributed by atoms with Crippen LogP contribution in [-0.4, -0.2) is 34.8 Å². The number of nitrogens with one attached hydrogen (secondary N) is 1. The summed E-state index contributed by atoms with van der Waals surface area (Å²) in [5.41, 5.74) is -0.655. The smallest absolute Gasteiger partial charge is 0.328 e. The Labute approximate surface area is 143 Å². The number of halogens is 1. The number of aryl methyl sites for hydroxylation is 1. The molecular weight excluding hydrogens is 329 g/mol. The van der Waals surface area contributed by atoms with E-state index in [1.54, 1.807) is 20.8 Å². The van der Waals surface area contributed by atoms with Gasteiger partial charge in [0.05, 0.1) is 18.0 Å². The van der Waals surface area contributed by atoms with Crippen LogP contribution in [0.1, 0.15) is 31.3 Å². The van der Waals surface area contributed by atoms with Crippen LogP contribution in [0, 0.1) is 11.7 Å². The van der Waals surface area contributed by atoms with Gasteiger partial charge in [0.2, 0.25) is 5.43 Å². The van der Waals surface area contributed by atoms with Gasteiger partial charge in [-0.15, -0.1) is 0 Å². The van der Waals surface area contributed by atoms with E-state index in [2.05, 4.69) is 15.2 Å². The first-order valence-electron chi connectivity index (χ1n) is 7.89. The zero-order chi connectivity index (χ0) is 18.7. The second-order valence-corrected chi connectivity index (χ2v) is 5.87. The van der Waals surface area contributed by atoms with Crippen LogP contribution in [0.25, 0.3) is 10.9 Å². The van der Waals surface area contributed by atoms with Gasteiger partial charge in [-0.3, -0.25) is 14.3 Å². The minimum absolute atomic E-state index is 0.0566. The van der Waals surface area contributed by atoms with Crippen molar-refractivity contribution < 1.29 is 18.7 Å². The Bertz CT molecular complexity index is 876. The van der Waals surface area contributed by atoms with E-state index >= 15 is 0 Å². The summed E-state index contributed by atoms with van der Waals surface area (Å²) in [5, 5.41) is 6.59. The zero-order valence-electron chi connectivity index (χ0n) is 14.5. The van der Waals surface area contributed by atoms with Gasteiger partial charge in [0.1, 0.15) is 11.9 Å². The highest BCUT2D eigenvalue weighted by molar-refractivity contribution is 5.97. The number of rotatable bonds is 5. The van der Waals surface area contributed by atoms with E-state index in [9.17, 15) is 18.8 Å². The van der Waals surface area contributed by atoms with E-state index in [-0.39, 0.29) is 11.3 Å². The number of fused-ring (bicyclic) bond motifs is 1. The van der Waals surface area contributed by atoms with Crippen molar-refractivity contribution in [2.75, 3.05) is 7.11 Å². The van der Waals surface area contributed by atoms with Gasteiger partial charge in [-0.1, -0.05) is 13.8 Å². The highest BCUT2D eigenvalue weighted by Crippen LogP contribution is 2.12. The van der Waals surface area contributed by atoms with Gasteiger partial charge >= 0.3 is 5.97 Å². The number of carbonyl (C=O) groups excluding carboxylic acids is 2. The summed E-state index contributed by atoms with van der Waals surface area (Å²) in [4.78, 5) is 36.9. The summed E-state index contributed by atoms with van der Waals surface area (Å²) >= 11 is 0. The molecule has 7 nitrogen and oxygen atoms in total. The molecule has 25 heavy (non-hydrogen) atoms. The quantitative estimate of drug-likeness (QED) is 0.826. The van der Waals surface area contributed by atoms with Gasteiger partial charge in [0.15, 0.2) is 5.69 Å². The lowest BCUT2D eigenvalue weighted by Crippen LogP contribution is -2.46. The predicted octanol–water partition coefficient (Wildman–Crippen LogP) is 1.48. The topological polar surface area (TPSA) is 90.3 Å². The Morgan fingerprint density at radius 2 is 2.04 bits per heavy atom. The molecule has 1 N–H and O–H groups in total. The number of benzene rings is 1. The van der Waals surface area contributed by atoms with Crippen LogP contribution in [0.4, 0.5) is 4.39 Å². The van der Waals surface area contributed by atoms with Crippen LogP contribution in [0.3, 0.4) is 0 Å². The van der Waals surface area contributed by atoms with E-state index in [4.69, 9.17) is 0 Å². The minimum atomic E-state index is -0.919. The molecule has 0 aliphatic carbocycles. The molecule has 1 aromatic heterocycles. The molecular formula is C17H20FN3O4. The van der Waals surface area contributed by atoms with Crippen molar-refractivity contribution in [3.8, 4) is 0 Å². The highest BCUT2D eigenvalue weighted by Gasteiger charge is 2.27. The second kappa shape index (κ2) is 7.42. The molecule has 1 heterocycles. The molecule has 2 rings (SSSR count). The molecule has 1 atom stereocenters. The monoisotopic (exact) mass is 349 g/mol. The lowest BCUT2D eigenvalue weighted by molar-refractivity contribution is -0.144. The molecule has 1 amide bonds. The Kier molecular flexibility index (Phi) is 5.51. The molecule has 0 aliphatic heterocycles. The van der Waals surface area contributed by atoms with E-state index in [0.717, 1.165) is 6.07 Å². The van der Waals surface area contributed by atoms with Gasteiger partial charge in [-0.05, 0) is 31.0 Å². The van der Waals surface area contributed by atoms with Crippen molar-refractivity contribution in [2.45, 2.75) is 33.4 Å². The van der Waals surface area contributed by atoms with Crippen molar-refractivity contribution in [2.24, 2.45) is 5.92 Å². The molecule has 2 aromatic rings. The molecule has 0 radical (unpaired) electrons. The maximum atomic E-state index is 13.5. The number of carbonyl (C=O) groups is 2. The standard InChI is InChI=1S/C17H20FN3O4/c1-5-21-12-7-6-10(18)8-11(12)15(22)14(20-21)16(23)19-13(9(2)3)17(24)25-4/h6-9,13H,5H2,1-4H3,(H,19,23). The Morgan fingerprint density at radius 3 is 2.60 bits per heavy atom. The van der Waals surface area contributed by atoms with Gasteiger partial charge in [-0.2, -0.15) is 5.10 Å². The summed E-state index contributed by atoms with van der Waals surface area (Å²) in [6, 6.07) is 2.82. The van der Waals surface area contributed by atoms with Gasteiger partial charge in [0, 0.05) is 6.54 Å². The summed E-state index contributed by atoms with van der Waals surface area (Å²) in [7, 11) is 1.21. The van der Waals surface area contributed by atoms with E-state index in [0.29, 0.717) is 12.1 Å².